The Balaban J connectivity index is 2.16. The van der Waals surface area contributed by atoms with Gasteiger partial charge in [-0.1, -0.05) is 17.4 Å². The number of halogens is 1. The van der Waals surface area contributed by atoms with Crippen LogP contribution in [0.1, 0.15) is 18.5 Å². The van der Waals surface area contributed by atoms with Crippen LogP contribution in [0.25, 0.3) is 0 Å². The van der Waals surface area contributed by atoms with Crippen LogP contribution in [0.4, 0.5) is 9.52 Å². The predicted octanol–water partition coefficient (Wildman–Crippen LogP) is 2.86. The summed E-state index contributed by atoms with van der Waals surface area (Å²) < 4.78 is 18.2. The van der Waals surface area contributed by atoms with Crippen molar-refractivity contribution in [2.75, 3.05) is 12.4 Å². The van der Waals surface area contributed by atoms with Gasteiger partial charge in [-0.2, -0.15) is 0 Å². The first-order valence-corrected chi connectivity index (χ1v) is 5.95. The van der Waals surface area contributed by atoms with E-state index in [-0.39, 0.29) is 17.6 Å². The number of nitrogens with one attached hydrogen (secondary N) is 1. The number of hydrogen-bond acceptors (Lipinski definition) is 5. The summed E-state index contributed by atoms with van der Waals surface area (Å²) in [6, 6.07) is 4.80. The highest BCUT2D eigenvalue weighted by Gasteiger charge is 2.10. The molecule has 0 amide bonds. The lowest BCUT2D eigenvalue weighted by atomic mass is 10.1. The van der Waals surface area contributed by atoms with Gasteiger partial charge in [0, 0.05) is 0 Å². The van der Waals surface area contributed by atoms with E-state index in [2.05, 4.69) is 15.5 Å². The molecule has 1 N–H and O–H groups in total. The monoisotopic (exact) mass is 253 g/mol. The molecule has 1 unspecified atom stereocenters. The number of hydrogen-bond donors (Lipinski definition) is 1. The molecule has 90 valence electrons. The highest BCUT2D eigenvalue weighted by Crippen LogP contribution is 2.25. The van der Waals surface area contributed by atoms with Crippen molar-refractivity contribution in [3.63, 3.8) is 0 Å². The normalized spacial score (nSPS) is 12.2. The van der Waals surface area contributed by atoms with Gasteiger partial charge in [-0.25, -0.2) is 4.39 Å². The van der Waals surface area contributed by atoms with Crippen molar-refractivity contribution in [3.05, 3.63) is 35.1 Å². The fourth-order valence-corrected chi connectivity index (χ4v) is 1.98. The van der Waals surface area contributed by atoms with Crippen molar-refractivity contribution >= 4 is 16.5 Å². The summed E-state index contributed by atoms with van der Waals surface area (Å²) in [6.45, 7) is 1.97. The second-order valence-corrected chi connectivity index (χ2v) is 4.34. The molecule has 0 bridgehead atoms. The maximum atomic E-state index is 13.2. The predicted molar refractivity (Wildman–Crippen MR) is 64.9 cm³/mol. The van der Waals surface area contributed by atoms with Crippen LogP contribution < -0.4 is 10.1 Å². The molecule has 4 nitrogen and oxygen atoms in total. The SMILES string of the molecule is COc1cc(C(C)Nc2nncs2)ccc1F. The van der Waals surface area contributed by atoms with Gasteiger partial charge in [0.15, 0.2) is 11.6 Å². The Labute approximate surface area is 102 Å². The zero-order valence-electron chi connectivity index (χ0n) is 9.48. The minimum atomic E-state index is -0.362. The summed E-state index contributed by atoms with van der Waals surface area (Å²) in [7, 11) is 1.45. The van der Waals surface area contributed by atoms with E-state index in [1.54, 1.807) is 17.6 Å². The van der Waals surface area contributed by atoms with E-state index in [1.165, 1.54) is 24.5 Å². The van der Waals surface area contributed by atoms with Gasteiger partial charge in [-0.05, 0) is 24.6 Å². The maximum Gasteiger partial charge on any atom is 0.205 e. The molecule has 0 saturated heterocycles. The molecular weight excluding hydrogens is 241 g/mol. The van der Waals surface area contributed by atoms with E-state index in [9.17, 15) is 4.39 Å². The molecule has 0 spiro atoms. The zero-order valence-corrected chi connectivity index (χ0v) is 10.3. The highest BCUT2D eigenvalue weighted by atomic mass is 32.1. The molecule has 2 rings (SSSR count). The van der Waals surface area contributed by atoms with E-state index in [4.69, 9.17) is 4.74 Å². The average Bonchev–Trinajstić information content (AvgIpc) is 2.82. The number of anilines is 1. The molecule has 0 saturated carbocycles. The van der Waals surface area contributed by atoms with Crippen molar-refractivity contribution in [2.24, 2.45) is 0 Å². The van der Waals surface area contributed by atoms with Gasteiger partial charge in [-0.15, -0.1) is 10.2 Å². The molecular formula is C11H12FN3OS. The van der Waals surface area contributed by atoms with Crippen LogP contribution in [-0.2, 0) is 0 Å². The van der Waals surface area contributed by atoms with Crippen LogP contribution in [0.2, 0.25) is 0 Å². The number of nitrogens with zero attached hydrogens (tertiary/aromatic N) is 2. The molecule has 0 fully saturated rings. The van der Waals surface area contributed by atoms with Gasteiger partial charge in [0.25, 0.3) is 0 Å². The molecule has 1 aromatic heterocycles. The summed E-state index contributed by atoms with van der Waals surface area (Å²) >= 11 is 1.42. The first-order valence-electron chi connectivity index (χ1n) is 5.07. The molecule has 1 atom stereocenters. The van der Waals surface area contributed by atoms with Crippen LogP contribution in [0.5, 0.6) is 5.75 Å². The van der Waals surface area contributed by atoms with Crippen molar-refractivity contribution in [1.29, 1.82) is 0 Å². The third-order valence-electron chi connectivity index (χ3n) is 2.38. The van der Waals surface area contributed by atoms with E-state index in [0.29, 0.717) is 0 Å². The largest absolute Gasteiger partial charge is 0.494 e. The summed E-state index contributed by atoms with van der Waals surface area (Å²) in [5.41, 5.74) is 2.58. The van der Waals surface area contributed by atoms with Crippen molar-refractivity contribution in [1.82, 2.24) is 10.2 Å². The number of aromatic nitrogens is 2. The third kappa shape index (κ3) is 2.71. The Kier molecular flexibility index (Phi) is 3.53. The minimum Gasteiger partial charge on any atom is -0.494 e. The second kappa shape index (κ2) is 5.09. The Morgan fingerprint density at radius 3 is 2.94 bits per heavy atom. The summed E-state index contributed by atoms with van der Waals surface area (Å²) in [6.07, 6.45) is 0. The Hall–Kier alpha value is -1.69. The number of rotatable bonds is 4. The average molecular weight is 253 g/mol. The first kappa shape index (κ1) is 11.8. The van der Waals surface area contributed by atoms with E-state index in [0.717, 1.165) is 10.7 Å². The molecule has 0 aliphatic heterocycles. The smallest absolute Gasteiger partial charge is 0.205 e. The standard InChI is InChI=1S/C11H12FN3OS/c1-7(14-11-15-13-6-17-11)8-3-4-9(12)10(5-8)16-2/h3-7H,1-2H3,(H,14,15). The van der Waals surface area contributed by atoms with Gasteiger partial charge in [0.1, 0.15) is 5.51 Å². The van der Waals surface area contributed by atoms with Crippen LogP contribution >= 0.6 is 11.3 Å². The maximum absolute atomic E-state index is 13.2. The number of methoxy groups -OCH3 is 1. The molecule has 1 aromatic carbocycles. The molecule has 17 heavy (non-hydrogen) atoms. The zero-order chi connectivity index (χ0) is 12.3. The lowest BCUT2D eigenvalue weighted by Crippen LogP contribution is -2.07. The van der Waals surface area contributed by atoms with Gasteiger partial charge in [0.2, 0.25) is 5.13 Å². The van der Waals surface area contributed by atoms with Gasteiger partial charge >= 0.3 is 0 Å². The topological polar surface area (TPSA) is 47.0 Å². The molecule has 0 aliphatic rings. The van der Waals surface area contributed by atoms with Crippen molar-refractivity contribution in [2.45, 2.75) is 13.0 Å². The van der Waals surface area contributed by atoms with Crippen LogP contribution in [0, 0.1) is 5.82 Å². The minimum absolute atomic E-state index is 0.0115. The van der Waals surface area contributed by atoms with Gasteiger partial charge in [-0.3, -0.25) is 0 Å². The van der Waals surface area contributed by atoms with Crippen LogP contribution in [0.15, 0.2) is 23.7 Å². The third-order valence-corrected chi connectivity index (χ3v) is 3.00. The molecule has 1 heterocycles. The summed E-state index contributed by atoms with van der Waals surface area (Å²) in [4.78, 5) is 0. The van der Waals surface area contributed by atoms with Gasteiger partial charge in [0.05, 0.1) is 13.2 Å². The first-order chi connectivity index (χ1) is 8.20. The van der Waals surface area contributed by atoms with Crippen molar-refractivity contribution < 1.29 is 9.13 Å². The summed E-state index contributed by atoms with van der Waals surface area (Å²) in [5, 5.41) is 11.5. The summed E-state index contributed by atoms with van der Waals surface area (Å²) in [5.74, 6) is -0.118. The Morgan fingerprint density at radius 1 is 1.47 bits per heavy atom. The fraction of sp³-hybridized carbons (Fsp3) is 0.273. The number of ether oxygens (including phenoxy) is 1. The fourth-order valence-electron chi connectivity index (χ4n) is 1.45. The lowest BCUT2D eigenvalue weighted by molar-refractivity contribution is 0.385. The number of benzene rings is 1. The second-order valence-electron chi connectivity index (χ2n) is 3.50. The van der Waals surface area contributed by atoms with E-state index < -0.39 is 0 Å². The highest BCUT2D eigenvalue weighted by molar-refractivity contribution is 7.13. The van der Waals surface area contributed by atoms with Gasteiger partial charge < -0.3 is 10.1 Å². The molecule has 6 heteroatoms. The molecule has 2 aromatic rings. The van der Waals surface area contributed by atoms with E-state index in [1.807, 2.05) is 6.92 Å². The van der Waals surface area contributed by atoms with Crippen LogP contribution in [-0.4, -0.2) is 17.3 Å². The lowest BCUT2D eigenvalue weighted by Gasteiger charge is -2.14. The quantitative estimate of drug-likeness (QED) is 0.910. The molecule has 0 aliphatic carbocycles. The van der Waals surface area contributed by atoms with Crippen LogP contribution in [0.3, 0.4) is 0 Å². The van der Waals surface area contributed by atoms with E-state index >= 15 is 0 Å². The Bertz CT molecular complexity index is 489. The van der Waals surface area contributed by atoms with Crippen molar-refractivity contribution in [3.8, 4) is 5.75 Å². The molecule has 0 radical (unpaired) electrons. The Morgan fingerprint density at radius 2 is 2.29 bits per heavy atom.